The van der Waals surface area contributed by atoms with Crippen LogP contribution in [0.4, 0.5) is 0 Å². The number of likely N-dealkylation sites (tertiary alicyclic amines) is 1. The molecule has 3 aromatic heterocycles. The van der Waals surface area contributed by atoms with Crippen molar-refractivity contribution in [2.45, 2.75) is 32.8 Å². The minimum Gasteiger partial charge on any atom is -0.449 e. The molecule has 146 valence electrons. The van der Waals surface area contributed by atoms with E-state index in [9.17, 15) is 9.59 Å². The summed E-state index contributed by atoms with van der Waals surface area (Å²) in [5.74, 6) is -0.668. The van der Waals surface area contributed by atoms with Gasteiger partial charge in [-0.05, 0) is 44.2 Å². The normalized spacial score (nSPS) is 15.2. The first kappa shape index (κ1) is 18.6. The summed E-state index contributed by atoms with van der Waals surface area (Å²) in [6, 6.07) is 5.63. The average Bonchev–Trinajstić information content (AvgIpc) is 3.43. The van der Waals surface area contributed by atoms with Crippen molar-refractivity contribution < 1.29 is 14.3 Å². The quantitative estimate of drug-likeness (QED) is 0.631. The van der Waals surface area contributed by atoms with Crippen molar-refractivity contribution in [2.75, 3.05) is 13.1 Å². The van der Waals surface area contributed by atoms with Crippen LogP contribution in [-0.2, 0) is 16.6 Å². The first-order chi connectivity index (χ1) is 13.5. The molecular formula is C20H22N4O3S. The van der Waals surface area contributed by atoms with Gasteiger partial charge in [0.2, 0.25) is 0 Å². The van der Waals surface area contributed by atoms with Crippen molar-refractivity contribution in [3.63, 3.8) is 0 Å². The maximum absolute atomic E-state index is 13.0. The van der Waals surface area contributed by atoms with E-state index in [1.807, 2.05) is 24.4 Å². The van der Waals surface area contributed by atoms with Crippen molar-refractivity contribution >= 4 is 34.2 Å². The molecule has 0 aliphatic carbocycles. The number of rotatable bonds is 4. The highest BCUT2D eigenvalue weighted by Gasteiger charge is 2.28. The number of pyridine rings is 1. The number of esters is 1. The number of ether oxygens (including phenoxy) is 1. The Morgan fingerprint density at radius 3 is 2.71 bits per heavy atom. The highest BCUT2D eigenvalue weighted by atomic mass is 32.1. The molecule has 0 saturated carbocycles. The molecule has 1 saturated heterocycles. The Labute approximate surface area is 166 Å². The lowest BCUT2D eigenvalue weighted by Crippen LogP contribution is -2.38. The van der Waals surface area contributed by atoms with Gasteiger partial charge in [-0.2, -0.15) is 5.10 Å². The fourth-order valence-electron chi connectivity index (χ4n) is 3.63. The monoisotopic (exact) mass is 398 g/mol. The lowest BCUT2D eigenvalue weighted by molar-refractivity contribution is -0.138. The van der Waals surface area contributed by atoms with E-state index >= 15 is 0 Å². The number of aromatic nitrogens is 3. The van der Waals surface area contributed by atoms with E-state index in [0.717, 1.165) is 30.8 Å². The van der Waals surface area contributed by atoms with Gasteiger partial charge in [0.05, 0.1) is 27.2 Å². The summed E-state index contributed by atoms with van der Waals surface area (Å²) in [5.41, 5.74) is 2.40. The molecule has 1 amide bonds. The zero-order chi connectivity index (χ0) is 19.8. The second-order valence-corrected chi connectivity index (χ2v) is 7.97. The van der Waals surface area contributed by atoms with E-state index in [4.69, 9.17) is 4.74 Å². The molecule has 1 unspecified atom stereocenters. The van der Waals surface area contributed by atoms with Crippen LogP contribution in [0.3, 0.4) is 0 Å². The zero-order valence-electron chi connectivity index (χ0n) is 16.1. The molecule has 0 spiro atoms. The highest BCUT2D eigenvalue weighted by Crippen LogP contribution is 2.30. The molecular weight excluding hydrogens is 376 g/mol. The third kappa shape index (κ3) is 3.28. The van der Waals surface area contributed by atoms with Gasteiger partial charge in [-0.25, -0.2) is 9.78 Å². The van der Waals surface area contributed by atoms with Crippen molar-refractivity contribution in [3.8, 4) is 10.6 Å². The average molecular weight is 398 g/mol. The summed E-state index contributed by atoms with van der Waals surface area (Å²) in [4.78, 5) is 32.9. The van der Waals surface area contributed by atoms with Crippen LogP contribution in [0.25, 0.3) is 21.6 Å². The molecule has 0 N–H and O–H groups in total. The summed E-state index contributed by atoms with van der Waals surface area (Å²) in [7, 11) is 1.80. The summed E-state index contributed by atoms with van der Waals surface area (Å²) in [6.07, 6.45) is 1.17. The number of thiophene rings is 1. The van der Waals surface area contributed by atoms with Gasteiger partial charge in [-0.1, -0.05) is 6.07 Å². The van der Waals surface area contributed by atoms with E-state index in [2.05, 4.69) is 10.1 Å². The molecule has 1 aliphatic rings. The van der Waals surface area contributed by atoms with E-state index in [0.29, 0.717) is 28.0 Å². The lowest BCUT2D eigenvalue weighted by Gasteiger charge is -2.20. The predicted molar refractivity (Wildman–Crippen MR) is 107 cm³/mol. The summed E-state index contributed by atoms with van der Waals surface area (Å²) >= 11 is 1.55. The summed E-state index contributed by atoms with van der Waals surface area (Å²) < 4.78 is 7.23. The van der Waals surface area contributed by atoms with Crippen LogP contribution >= 0.6 is 11.3 Å². The molecule has 7 nitrogen and oxygen atoms in total. The third-order valence-electron chi connectivity index (χ3n) is 5.01. The fraction of sp³-hybridized carbons (Fsp3) is 0.400. The second-order valence-electron chi connectivity index (χ2n) is 7.02. The minimum absolute atomic E-state index is 0.141. The van der Waals surface area contributed by atoms with Crippen LogP contribution in [0.1, 0.15) is 35.8 Å². The van der Waals surface area contributed by atoms with Crippen molar-refractivity contribution in [1.29, 1.82) is 0 Å². The SMILES string of the molecule is Cc1nn(C)c2nc(-c3cccs3)cc(C(=O)OC(C)C(=O)N3CCCC3)c12. The number of carbonyl (C=O) groups is 2. The number of carbonyl (C=O) groups excluding carboxylic acids is 2. The minimum atomic E-state index is -0.823. The maximum atomic E-state index is 13.0. The van der Waals surface area contributed by atoms with Crippen LogP contribution < -0.4 is 0 Å². The number of nitrogens with zero attached hydrogens (tertiary/aromatic N) is 4. The molecule has 4 rings (SSSR count). The molecule has 0 radical (unpaired) electrons. The van der Waals surface area contributed by atoms with Crippen molar-refractivity contribution in [3.05, 3.63) is 34.8 Å². The van der Waals surface area contributed by atoms with E-state index in [1.165, 1.54) is 0 Å². The Hall–Kier alpha value is -2.74. The first-order valence-corrected chi connectivity index (χ1v) is 10.2. The molecule has 1 atom stereocenters. The molecule has 1 aliphatic heterocycles. The molecule has 4 heterocycles. The summed E-state index contributed by atoms with van der Waals surface area (Å²) in [6.45, 7) is 4.92. The van der Waals surface area contributed by atoms with Gasteiger partial charge in [0.15, 0.2) is 11.8 Å². The standard InChI is InChI=1S/C20H22N4O3S/c1-12-17-14(20(26)27-13(2)19(25)24-8-4-5-9-24)11-15(16-7-6-10-28-16)21-18(17)23(3)22-12/h6-7,10-11,13H,4-5,8-9H2,1-3H3. The van der Waals surface area contributed by atoms with E-state index in [1.54, 1.807) is 41.0 Å². The van der Waals surface area contributed by atoms with Crippen LogP contribution in [0.5, 0.6) is 0 Å². The second kappa shape index (κ2) is 7.35. The number of amides is 1. The maximum Gasteiger partial charge on any atom is 0.339 e. The van der Waals surface area contributed by atoms with E-state index < -0.39 is 12.1 Å². The largest absolute Gasteiger partial charge is 0.449 e. The Kier molecular flexibility index (Phi) is 4.89. The van der Waals surface area contributed by atoms with Crippen molar-refractivity contribution in [2.24, 2.45) is 7.05 Å². The third-order valence-corrected chi connectivity index (χ3v) is 5.90. The number of hydrogen-bond donors (Lipinski definition) is 0. The van der Waals surface area contributed by atoms with Crippen LogP contribution in [0, 0.1) is 6.92 Å². The molecule has 3 aromatic rings. The molecule has 1 fully saturated rings. The number of hydrogen-bond acceptors (Lipinski definition) is 6. The number of aryl methyl sites for hydroxylation is 2. The number of fused-ring (bicyclic) bond motifs is 1. The van der Waals surface area contributed by atoms with Gasteiger partial charge >= 0.3 is 5.97 Å². The van der Waals surface area contributed by atoms with Gasteiger partial charge in [-0.15, -0.1) is 11.3 Å². The summed E-state index contributed by atoms with van der Waals surface area (Å²) in [5, 5.41) is 7.03. The smallest absolute Gasteiger partial charge is 0.339 e. The van der Waals surface area contributed by atoms with Crippen LogP contribution in [0.15, 0.2) is 23.6 Å². The van der Waals surface area contributed by atoms with Gasteiger partial charge in [0, 0.05) is 20.1 Å². The Balaban J connectivity index is 1.70. The van der Waals surface area contributed by atoms with Gasteiger partial charge in [-0.3, -0.25) is 9.48 Å². The molecule has 0 bridgehead atoms. The Bertz CT molecular complexity index is 1040. The molecule has 8 heteroatoms. The van der Waals surface area contributed by atoms with Crippen LogP contribution in [0.2, 0.25) is 0 Å². The zero-order valence-corrected chi connectivity index (χ0v) is 17.0. The first-order valence-electron chi connectivity index (χ1n) is 9.33. The molecule has 28 heavy (non-hydrogen) atoms. The predicted octanol–water partition coefficient (Wildman–Crippen LogP) is 3.17. The van der Waals surface area contributed by atoms with Gasteiger partial charge in [0.1, 0.15) is 0 Å². The molecule has 0 aromatic carbocycles. The van der Waals surface area contributed by atoms with Gasteiger partial charge < -0.3 is 9.64 Å². The van der Waals surface area contributed by atoms with E-state index in [-0.39, 0.29) is 5.91 Å². The van der Waals surface area contributed by atoms with Crippen molar-refractivity contribution in [1.82, 2.24) is 19.7 Å². The Morgan fingerprint density at radius 1 is 1.29 bits per heavy atom. The fourth-order valence-corrected chi connectivity index (χ4v) is 4.31. The highest BCUT2D eigenvalue weighted by molar-refractivity contribution is 7.13. The topological polar surface area (TPSA) is 77.3 Å². The van der Waals surface area contributed by atoms with Gasteiger partial charge in [0.25, 0.3) is 5.91 Å². The Morgan fingerprint density at radius 2 is 2.04 bits per heavy atom. The van der Waals surface area contributed by atoms with Crippen LogP contribution in [-0.4, -0.2) is 50.7 Å². The lowest BCUT2D eigenvalue weighted by atomic mass is 10.1.